The molecule has 0 aliphatic rings. The summed E-state index contributed by atoms with van der Waals surface area (Å²) in [6.45, 7) is 1.77. The summed E-state index contributed by atoms with van der Waals surface area (Å²) in [5.41, 5.74) is 1.68. The van der Waals surface area contributed by atoms with E-state index in [1.165, 1.54) is 13.1 Å². The average molecular weight is 529 g/mol. The van der Waals surface area contributed by atoms with E-state index in [2.05, 4.69) is 38.2 Å². The summed E-state index contributed by atoms with van der Waals surface area (Å²) >= 11 is 14.4. The highest BCUT2D eigenvalue weighted by Gasteiger charge is 2.21. The maximum atomic E-state index is 13.1. The first-order valence-corrected chi connectivity index (χ1v) is 9.97. The lowest BCUT2D eigenvalue weighted by Gasteiger charge is -2.15. The van der Waals surface area contributed by atoms with Gasteiger partial charge in [-0.2, -0.15) is 0 Å². The van der Waals surface area contributed by atoms with Crippen molar-refractivity contribution in [3.05, 3.63) is 73.2 Å². The highest BCUT2D eigenvalue weighted by atomic mass is 127. The molecule has 0 radical (unpaired) electrons. The first kappa shape index (κ1) is 20.6. The maximum Gasteiger partial charge on any atom is 0.272 e. The molecular weight excluding hydrogens is 514 g/mol. The highest BCUT2D eigenvalue weighted by Crippen LogP contribution is 2.28. The molecule has 0 bridgehead atoms. The van der Waals surface area contributed by atoms with E-state index in [-0.39, 0.29) is 11.5 Å². The van der Waals surface area contributed by atoms with Crippen LogP contribution >= 0.6 is 45.8 Å². The standard InChI is InChI=1S/C19H15Cl2IN4O2/c1-10-6-11(20)7-13(18(27)23-2)16(10)25-19(28)15-8-12(22)9-26(15)17-14(21)4-3-5-24-17/h3-9H,1-2H3,(H,23,27)(H,25,28). The van der Waals surface area contributed by atoms with E-state index in [4.69, 9.17) is 23.2 Å². The predicted molar refractivity (Wildman–Crippen MR) is 119 cm³/mol. The molecule has 3 aromatic rings. The molecule has 3 rings (SSSR count). The number of carbonyl (C=O) groups excluding carboxylic acids is 2. The number of nitrogens with zero attached hydrogens (tertiary/aromatic N) is 2. The zero-order valence-electron chi connectivity index (χ0n) is 14.9. The molecule has 0 unspecified atom stereocenters. The summed E-state index contributed by atoms with van der Waals surface area (Å²) in [4.78, 5) is 29.6. The Morgan fingerprint density at radius 2 is 1.93 bits per heavy atom. The van der Waals surface area contributed by atoms with Crippen LogP contribution in [0.5, 0.6) is 0 Å². The molecule has 0 fully saturated rings. The monoisotopic (exact) mass is 528 g/mol. The van der Waals surface area contributed by atoms with Gasteiger partial charge >= 0.3 is 0 Å². The fourth-order valence-electron chi connectivity index (χ4n) is 2.74. The van der Waals surface area contributed by atoms with Crippen molar-refractivity contribution in [1.29, 1.82) is 0 Å². The molecule has 0 saturated carbocycles. The van der Waals surface area contributed by atoms with Gasteiger partial charge in [0.2, 0.25) is 0 Å². The Morgan fingerprint density at radius 1 is 1.18 bits per heavy atom. The third-order valence-corrected chi connectivity index (χ3v) is 5.10. The van der Waals surface area contributed by atoms with E-state index in [9.17, 15) is 9.59 Å². The predicted octanol–water partition coefficient (Wildman–Crippen LogP) is 4.70. The number of nitrogens with one attached hydrogen (secondary N) is 2. The van der Waals surface area contributed by atoms with Crippen LogP contribution < -0.4 is 10.6 Å². The summed E-state index contributed by atoms with van der Waals surface area (Å²) in [7, 11) is 1.51. The molecule has 0 aliphatic carbocycles. The van der Waals surface area contributed by atoms with Crippen molar-refractivity contribution in [3.63, 3.8) is 0 Å². The van der Waals surface area contributed by atoms with Crippen LogP contribution in [0.15, 0.2) is 42.7 Å². The van der Waals surface area contributed by atoms with Crippen LogP contribution in [0.2, 0.25) is 10.0 Å². The van der Waals surface area contributed by atoms with Crippen molar-refractivity contribution in [3.8, 4) is 5.82 Å². The molecule has 2 amide bonds. The average Bonchev–Trinajstić information content (AvgIpc) is 3.05. The Bertz CT molecular complexity index is 1080. The van der Waals surface area contributed by atoms with Gasteiger partial charge in [-0.05, 0) is 65.4 Å². The van der Waals surface area contributed by atoms with Crippen LogP contribution in [0.4, 0.5) is 5.69 Å². The van der Waals surface area contributed by atoms with Crippen LogP contribution in [0.25, 0.3) is 5.82 Å². The lowest BCUT2D eigenvalue weighted by Crippen LogP contribution is -2.23. The van der Waals surface area contributed by atoms with Crippen LogP contribution in [0, 0.1) is 10.5 Å². The topological polar surface area (TPSA) is 76.0 Å². The number of amides is 2. The fourth-order valence-corrected chi connectivity index (χ4v) is 3.79. The number of carbonyl (C=O) groups is 2. The Kier molecular flexibility index (Phi) is 6.26. The second-order valence-corrected chi connectivity index (χ2v) is 7.99. The largest absolute Gasteiger partial charge is 0.355 e. The van der Waals surface area contributed by atoms with Crippen molar-refractivity contribution >= 4 is 63.3 Å². The molecule has 0 saturated heterocycles. The fraction of sp³-hybridized carbons (Fsp3) is 0.105. The molecular formula is C19H15Cl2IN4O2. The third-order valence-electron chi connectivity index (χ3n) is 4.00. The van der Waals surface area contributed by atoms with Gasteiger partial charge in [0, 0.05) is 28.0 Å². The number of hydrogen-bond acceptors (Lipinski definition) is 3. The molecule has 1 aromatic carbocycles. The van der Waals surface area contributed by atoms with Gasteiger partial charge in [0.15, 0.2) is 5.82 Å². The summed E-state index contributed by atoms with van der Waals surface area (Å²) in [5, 5.41) is 6.21. The first-order chi connectivity index (χ1) is 13.3. The molecule has 0 atom stereocenters. The molecule has 144 valence electrons. The molecule has 2 aromatic heterocycles. The van der Waals surface area contributed by atoms with E-state index < -0.39 is 5.91 Å². The number of halogens is 3. The summed E-state index contributed by atoms with van der Waals surface area (Å²) < 4.78 is 2.45. The van der Waals surface area contributed by atoms with Gasteiger partial charge in [0.1, 0.15) is 5.69 Å². The minimum Gasteiger partial charge on any atom is -0.355 e. The molecule has 9 heteroatoms. The summed E-state index contributed by atoms with van der Waals surface area (Å²) in [6.07, 6.45) is 3.36. The molecule has 2 N–H and O–H groups in total. The Balaban J connectivity index is 2.05. The maximum absolute atomic E-state index is 13.1. The summed E-state index contributed by atoms with van der Waals surface area (Å²) in [5.74, 6) is -0.310. The number of aromatic nitrogens is 2. The minimum absolute atomic E-state index is 0.282. The van der Waals surface area contributed by atoms with E-state index in [0.717, 1.165) is 3.57 Å². The quantitative estimate of drug-likeness (QED) is 0.482. The van der Waals surface area contributed by atoms with Gasteiger partial charge in [-0.3, -0.25) is 14.2 Å². The molecule has 2 heterocycles. The van der Waals surface area contributed by atoms with Gasteiger partial charge in [-0.25, -0.2) is 4.98 Å². The van der Waals surface area contributed by atoms with Gasteiger partial charge < -0.3 is 10.6 Å². The SMILES string of the molecule is CNC(=O)c1cc(Cl)cc(C)c1NC(=O)c1cc(I)cn1-c1ncccc1Cl. The third kappa shape index (κ3) is 4.16. The van der Waals surface area contributed by atoms with Crippen molar-refractivity contribution in [2.45, 2.75) is 6.92 Å². The second kappa shape index (κ2) is 8.50. The van der Waals surface area contributed by atoms with Crippen LogP contribution in [0.3, 0.4) is 0 Å². The molecule has 0 aliphatic heterocycles. The normalized spacial score (nSPS) is 10.6. The van der Waals surface area contributed by atoms with Gasteiger partial charge in [0.05, 0.1) is 16.3 Å². The van der Waals surface area contributed by atoms with Crippen molar-refractivity contribution in [1.82, 2.24) is 14.9 Å². The Hall–Kier alpha value is -2.10. The van der Waals surface area contributed by atoms with Gasteiger partial charge in [-0.1, -0.05) is 23.2 Å². The molecule has 0 spiro atoms. The van der Waals surface area contributed by atoms with E-state index >= 15 is 0 Å². The first-order valence-electron chi connectivity index (χ1n) is 8.14. The number of pyridine rings is 1. The number of anilines is 1. The Morgan fingerprint density at radius 3 is 2.61 bits per heavy atom. The number of benzene rings is 1. The smallest absolute Gasteiger partial charge is 0.272 e. The van der Waals surface area contributed by atoms with E-state index in [1.807, 2.05) is 0 Å². The number of hydrogen-bond donors (Lipinski definition) is 2. The van der Waals surface area contributed by atoms with Gasteiger partial charge in [0.25, 0.3) is 11.8 Å². The van der Waals surface area contributed by atoms with Crippen LogP contribution in [-0.4, -0.2) is 28.4 Å². The number of aryl methyl sites for hydroxylation is 1. The highest BCUT2D eigenvalue weighted by molar-refractivity contribution is 14.1. The van der Waals surface area contributed by atoms with Crippen LogP contribution in [-0.2, 0) is 0 Å². The minimum atomic E-state index is -0.403. The lowest BCUT2D eigenvalue weighted by atomic mass is 10.1. The van der Waals surface area contributed by atoms with E-state index in [1.54, 1.807) is 48.1 Å². The summed E-state index contributed by atoms with van der Waals surface area (Å²) in [6, 6.07) is 8.33. The zero-order valence-corrected chi connectivity index (χ0v) is 18.6. The Labute approximate surface area is 185 Å². The zero-order chi connectivity index (χ0) is 20.4. The second-order valence-electron chi connectivity index (χ2n) is 5.90. The lowest BCUT2D eigenvalue weighted by molar-refractivity contribution is 0.0964. The van der Waals surface area contributed by atoms with Crippen molar-refractivity contribution < 1.29 is 9.59 Å². The van der Waals surface area contributed by atoms with E-state index in [0.29, 0.717) is 32.8 Å². The molecule has 6 nitrogen and oxygen atoms in total. The van der Waals surface area contributed by atoms with Crippen LogP contribution in [0.1, 0.15) is 26.4 Å². The van der Waals surface area contributed by atoms with Crippen molar-refractivity contribution in [2.75, 3.05) is 12.4 Å². The number of rotatable bonds is 4. The van der Waals surface area contributed by atoms with Crippen molar-refractivity contribution in [2.24, 2.45) is 0 Å². The van der Waals surface area contributed by atoms with Gasteiger partial charge in [-0.15, -0.1) is 0 Å². The molecule has 28 heavy (non-hydrogen) atoms.